The zero-order valence-electron chi connectivity index (χ0n) is 12.6. The van der Waals surface area contributed by atoms with E-state index in [1.165, 1.54) is 12.8 Å². The molecule has 0 saturated heterocycles. The third kappa shape index (κ3) is 3.21. The van der Waals surface area contributed by atoms with Crippen molar-refractivity contribution in [2.75, 3.05) is 18.0 Å². The first kappa shape index (κ1) is 14.6. The maximum absolute atomic E-state index is 9.03. The van der Waals surface area contributed by atoms with E-state index < -0.39 is 0 Å². The van der Waals surface area contributed by atoms with Gasteiger partial charge >= 0.3 is 0 Å². The molecule has 1 aromatic rings. The maximum atomic E-state index is 9.03. The zero-order chi connectivity index (χ0) is 14.7. The molecule has 1 aliphatic rings. The molecule has 1 aromatic heterocycles. The number of nitrogens with zero attached hydrogens (tertiary/aromatic N) is 3. The number of anilines is 1. The molecule has 20 heavy (non-hydrogen) atoms. The normalized spacial score (nSPS) is 15.4. The van der Waals surface area contributed by atoms with Crippen LogP contribution < -0.4 is 10.6 Å². The number of rotatable bonds is 6. The predicted molar refractivity (Wildman–Crippen MR) is 81.4 cm³/mol. The molecule has 3 N–H and O–H groups in total. The monoisotopic (exact) mass is 276 g/mol. The molecular weight excluding hydrogens is 252 g/mol. The molecule has 110 valence electrons. The molecule has 5 heteroatoms. The Morgan fingerprint density at radius 3 is 2.75 bits per heavy atom. The average molecular weight is 276 g/mol. The quantitative estimate of drug-likeness (QED) is 0.362. The van der Waals surface area contributed by atoms with Crippen LogP contribution in [0.3, 0.4) is 0 Å². The van der Waals surface area contributed by atoms with Crippen LogP contribution in [0.25, 0.3) is 0 Å². The van der Waals surface area contributed by atoms with Gasteiger partial charge in [-0.3, -0.25) is 4.98 Å². The molecule has 0 aliphatic heterocycles. The van der Waals surface area contributed by atoms with E-state index in [9.17, 15) is 0 Å². The van der Waals surface area contributed by atoms with Gasteiger partial charge in [-0.05, 0) is 45.1 Å². The Labute approximate surface area is 120 Å². The molecule has 0 aromatic carbocycles. The minimum atomic E-state index is 0.141. The summed E-state index contributed by atoms with van der Waals surface area (Å²) in [4.78, 5) is 6.80. The van der Waals surface area contributed by atoms with Gasteiger partial charge in [0, 0.05) is 18.8 Å². The van der Waals surface area contributed by atoms with Crippen molar-refractivity contribution >= 4 is 11.5 Å². The second-order valence-corrected chi connectivity index (χ2v) is 5.62. The highest BCUT2D eigenvalue weighted by Crippen LogP contribution is 2.33. The lowest BCUT2D eigenvalue weighted by molar-refractivity contribution is 0.318. The van der Waals surface area contributed by atoms with E-state index in [-0.39, 0.29) is 5.84 Å². The van der Waals surface area contributed by atoms with Gasteiger partial charge in [-0.1, -0.05) is 12.1 Å². The van der Waals surface area contributed by atoms with Gasteiger partial charge in [0.05, 0.1) is 16.9 Å². The SMILES string of the molecule is CCCN(CC1CC1)c1cc(C)nc(C)c1/C(N)=N/O. The van der Waals surface area contributed by atoms with E-state index in [2.05, 4.69) is 22.0 Å². The largest absolute Gasteiger partial charge is 0.409 e. The molecule has 1 fully saturated rings. The highest BCUT2D eigenvalue weighted by atomic mass is 16.4. The highest BCUT2D eigenvalue weighted by Gasteiger charge is 2.26. The number of amidine groups is 1. The Bertz CT molecular complexity index is 509. The zero-order valence-corrected chi connectivity index (χ0v) is 12.6. The fraction of sp³-hybridized carbons (Fsp3) is 0.600. The van der Waals surface area contributed by atoms with Gasteiger partial charge in [0.25, 0.3) is 0 Å². The van der Waals surface area contributed by atoms with Crippen LogP contribution in [0.2, 0.25) is 0 Å². The first-order valence-corrected chi connectivity index (χ1v) is 7.27. The minimum absolute atomic E-state index is 0.141. The second-order valence-electron chi connectivity index (χ2n) is 5.62. The van der Waals surface area contributed by atoms with Gasteiger partial charge in [-0.15, -0.1) is 0 Å². The molecule has 1 aliphatic carbocycles. The summed E-state index contributed by atoms with van der Waals surface area (Å²) in [5.41, 5.74) is 9.43. The van der Waals surface area contributed by atoms with Crippen molar-refractivity contribution in [3.63, 3.8) is 0 Å². The van der Waals surface area contributed by atoms with Crippen LogP contribution in [0, 0.1) is 19.8 Å². The molecule has 5 nitrogen and oxygen atoms in total. The number of pyridine rings is 1. The molecule has 0 unspecified atom stereocenters. The Morgan fingerprint density at radius 1 is 1.50 bits per heavy atom. The van der Waals surface area contributed by atoms with E-state index >= 15 is 0 Å². The number of hydrogen-bond acceptors (Lipinski definition) is 4. The molecule has 0 spiro atoms. The van der Waals surface area contributed by atoms with Gasteiger partial charge in [0.15, 0.2) is 5.84 Å². The lowest BCUT2D eigenvalue weighted by atomic mass is 10.1. The summed E-state index contributed by atoms with van der Waals surface area (Å²) in [6.45, 7) is 8.08. The number of oxime groups is 1. The van der Waals surface area contributed by atoms with E-state index in [4.69, 9.17) is 10.9 Å². The van der Waals surface area contributed by atoms with E-state index in [1.54, 1.807) is 0 Å². The van der Waals surface area contributed by atoms with Crippen LogP contribution in [0.1, 0.15) is 43.1 Å². The van der Waals surface area contributed by atoms with Crippen molar-refractivity contribution in [1.82, 2.24) is 4.98 Å². The molecule has 2 rings (SSSR count). The standard InChI is InChI=1S/C15H24N4O/c1-4-7-19(9-12-5-6-12)13-8-10(2)17-11(3)14(13)15(16)18-20/h8,12,20H,4-7,9H2,1-3H3,(H2,16,18). The first-order chi connectivity index (χ1) is 9.56. The van der Waals surface area contributed by atoms with Crippen LogP contribution in [0.4, 0.5) is 5.69 Å². The lowest BCUT2D eigenvalue weighted by Crippen LogP contribution is -2.30. The summed E-state index contributed by atoms with van der Waals surface area (Å²) in [5.74, 6) is 0.928. The lowest BCUT2D eigenvalue weighted by Gasteiger charge is -2.27. The van der Waals surface area contributed by atoms with Gasteiger partial charge in [-0.25, -0.2) is 0 Å². The summed E-state index contributed by atoms with van der Waals surface area (Å²) < 4.78 is 0. The van der Waals surface area contributed by atoms with Gasteiger partial charge in [0.2, 0.25) is 0 Å². The van der Waals surface area contributed by atoms with Crippen molar-refractivity contribution in [2.24, 2.45) is 16.8 Å². The topological polar surface area (TPSA) is 74.7 Å². The van der Waals surface area contributed by atoms with E-state index in [0.29, 0.717) is 0 Å². The fourth-order valence-corrected chi connectivity index (χ4v) is 2.62. The van der Waals surface area contributed by atoms with Crippen LogP contribution in [-0.4, -0.2) is 29.1 Å². The molecule has 1 saturated carbocycles. The second kappa shape index (κ2) is 6.11. The number of aromatic nitrogens is 1. The summed E-state index contributed by atoms with van der Waals surface area (Å²) in [7, 11) is 0. The molecule has 0 atom stereocenters. The van der Waals surface area contributed by atoms with Gasteiger partial charge in [-0.2, -0.15) is 0 Å². The summed E-state index contributed by atoms with van der Waals surface area (Å²) in [6, 6.07) is 2.04. The number of aryl methyl sites for hydroxylation is 2. The predicted octanol–water partition coefficient (Wildman–Crippen LogP) is 2.42. The Kier molecular flexibility index (Phi) is 4.47. The smallest absolute Gasteiger partial charge is 0.174 e. The average Bonchev–Trinajstić information content (AvgIpc) is 3.20. The number of hydrogen-bond donors (Lipinski definition) is 2. The van der Waals surface area contributed by atoms with E-state index in [0.717, 1.165) is 48.1 Å². The summed E-state index contributed by atoms with van der Waals surface area (Å²) in [6.07, 6.45) is 3.69. The van der Waals surface area contributed by atoms with Crippen molar-refractivity contribution in [3.8, 4) is 0 Å². The Hall–Kier alpha value is -1.78. The third-order valence-electron chi connectivity index (χ3n) is 3.68. The van der Waals surface area contributed by atoms with Crippen molar-refractivity contribution in [1.29, 1.82) is 0 Å². The van der Waals surface area contributed by atoms with Gasteiger partial charge < -0.3 is 15.8 Å². The first-order valence-electron chi connectivity index (χ1n) is 7.27. The third-order valence-corrected chi connectivity index (χ3v) is 3.68. The van der Waals surface area contributed by atoms with Crippen LogP contribution in [0.5, 0.6) is 0 Å². The van der Waals surface area contributed by atoms with Gasteiger partial charge in [0.1, 0.15) is 0 Å². The van der Waals surface area contributed by atoms with Crippen LogP contribution in [0.15, 0.2) is 11.2 Å². The summed E-state index contributed by atoms with van der Waals surface area (Å²) in [5, 5.41) is 12.2. The molecule has 1 heterocycles. The van der Waals surface area contributed by atoms with Crippen molar-refractivity contribution < 1.29 is 5.21 Å². The molecule has 0 bridgehead atoms. The molecule has 0 radical (unpaired) electrons. The number of nitrogens with two attached hydrogens (primary N) is 1. The van der Waals surface area contributed by atoms with Crippen molar-refractivity contribution in [3.05, 3.63) is 23.0 Å². The molecule has 0 amide bonds. The van der Waals surface area contributed by atoms with Crippen molar-refractivity contribution in [2.45, 2.75) is 40.0 Å². The Morgan fingerprint density at radius 2 is 2.20 bits per heavy atom. The summed E-state index contributed by atoms with van der Waals surface area (Å²) >= 11 is 0. The minimum Gasteiger partial charge on any atom is -0.409 e. The highest BCUT2D eigenvalue weighted by molar-refractivity contribution is 6.03. The maximum Gasteiger partial charge on any atom is 0.174 e. The van der Waals surface area contributed by atoms with Crippen LogP contribution >= 0.6 is 0 Å². The van der Waals surface area contributed by atoms with Crippen LogP contribution in [-0.2, 0) is 0 Å². The molecular formula is C15H24N4O. The fourth-order valence-electron chi connectivity index (χ4n) is 2.62. The van der Waals surface area contributed by atoms with E-state index in [1.807, 2.05) is 19.9 Å². The Balaban J connectivity index is 2.44.